The topological polar surface area (TPSA) is 17.8 Å². The second-order valence-electron chi connectivity index (χ2n) is 3.32. The molecule has 0 amide bonds. The van der Waals surface area contributed by atoms with Crippen LogP contribution in [0.1, 0.15) is 12.7 Å². The van der Waals surface area contributed by atoms with Crippen LogP contribution in [0.25, 0.3) is 11.0 Å². The average Bonchev–Trinajstić information content (AvgIpc) is 2.57. The first-order chi connectivity index (χ1) is 7.27. The quantitative estimate of drug-likeness (QED) is 0.754. The zero-order chi connectivity index (χ0) is 10.8. The summed E-state index contributed by atoms with van der Waals surface area (Å²) in [6.45, 7) is 2.95. The van der Waals surface area contributed by atoms with E-state index in [1.807, 2.05) is 18.2 Å². The Morgan fingerprint density at radius 3 is 2.87 bits per heavy atom. The molecule has 4 heteroatoms. The van der Waals surface area contributed by atoms with Crippen molar-refractivity contribution in [2.45, 2.75) is 19.9 Å². The lowest BCUT2D eigenvalue weighted by Crippen LogP contribution is -2.02. The number of alkyl halides is 1. The number of benzene rings is 1. The number of hydrogen-bond acceptors (Lipinski definition) is 1. The zero-order valence-corrected chi connectivity index (χ0v) is 10.0. The minimum Gasteiger partial charge on any atom is -0.327 e. The second kappa shape index (κ2) is 4.42. The van der Waals surface area contributed by atoms with E-state index in [1.54, 1.807) is 0 Å². The maximum absolute atomic E-state index is 6.16. The van der Waals surface area contributed by atoms with Gasteiger partial charge in [0.05, 0.1) is 16.1 Å². The van der Waals surface area contributed by atoms with Gasteiger partial charge < -0.3 is 4.57 Å². The Bertz CT molecular complexity index is 477. The molecule has 0 saturated heterocycles. The highest BCUT2D eigenvalue weighted by atomic mass is 35.5. The molecular weight excluding hydrogens is 231 g/mol. The van der Waals surface area contributed by atoms with Crippen LogP contribution in [0.2, 0.25) is 5.02 Å². The third-order valence-corrected chi connectivity index (χ3v) is 2.92. The largest absolute Gasteiger partial charge is 0.327 e. The third-order valence-electron chi connectivity index (χ3n) is 2.43. The summed E-state index contributed by atoms with van der Waals surface area (Å²) in [6.07, 6.45) is 0.778. The van der Waals surface area contributed by atoms with Crippen LogP contribution >= 0.6 is 23.2 Å². The van der Waals surface area contributed by atoms with E-state index in [-0.39, 0.29) is 0 Å². The molecule has 1 aromatic heterocycles. The summed E-state index contributed by atoms with van der Waals surface area (Å²) in [6, 6.07) is 5.79. The van der Waals surface area contributed by atoms with Crippen molar-refractivity contribution < 1.29 is 0 Å². The Labute approximate surface area is 98.8 Å². The summed E-state index contributed by atoms with van der Waals surface area (Å²) in [5, 5.41) is 0.752. The molecule has 1 aromatic carbocycles. The minimum absolute atomic E-state index is 0.584. The van der Waals surface area contributed by atoms with Gasteiger partial charge in [0.2, 0.25) is 0 Å². The van der Waals surface area contributed by atoms with Gasteiger partial charge in [0, 0.05) is 18.8 Å². The molecule has 0 spiro atoms. The van der Waals surface area contributed by atoms with Crippen LogP contribution in [0.3, 0.4) is 0 Å². The normalized spacial score (nSPS) is 11.1. The smallest absolute Gasteiger partial charge is 0.111 e. The van der Waals surface area contributed by atoms with Gasteiger partial charge in [0.15, 0.2) is 0 Å². The predicted molar refractivity (Wildman–Crippen MR) is 64.8 cm³/mol. The number of para-hydroxylation sites is 1. The Morgan fingerprint density at radius 2 is 2.20 bits per heavy atom. The number of nitrogens with zero attached hydrogens (tertiary/aromatic N) is 2. The maximum atomic E-state index is 6.16. The monoisotopic (exact) mass is 242 g/mol. The number of fused-ring (bicyclic) bond motifs is 1. The van der Waals surface area contributed by atoms with Gasteiger partial charge in [-0.1, -0.05) is 17.7 Å². The van der Waals surface area contributed by atoms with E-state index in [0.717, 1.165) is 34.8 Å². The Morgan fingerprint density at radius 1 is 1.40 bits per heavy atom. The summed E-state index contributed by atoms with van der Waals surface area (Å²) < 4.78 is 2.13. The highest BCUT2D eigenvalue weighted by Gasteiger charge is 2.10. The van der Waals surface area contributed by atoms with Crippen LogP contribution in [-0.2, 0) is 13.0 Å². The second-order valence-corrected chi connectivity index (χ2v) is 4.10. The van der Waals surface area contributed by atoms with Crippen LogP contribution in [0, 0.1) is 0 Å². The molecule has 2 aromatic rings. The SMILES string of the molecule is CCn1c(CCCl)nc2cccc(Cl)c21. The maximum Gasteiger partial charge on any atom is 0.111 e. The molecule has 15 heavy (non-hydrogen) atoms. The first-order valence-corrected chi connectivity index (χ1v) is 5.88. The van der Waals surface area contributed by atoms with Gasteiger partial charge in [0.25, 0.3) is 0 Å². The molecule has 2 nitrogen and oxygen atoms in total. The zero-order valence-electron chi connectivity index (χ0n) is 8.50. The van der Waals surface area contributed by atoms with E-state index >= 15 is 0 Å². The molecule has 0 N–H and O–H groups in total. The van der Waals surface area contributed by atoms with Gasteiger partial charge in [-0.3, -0.25) is 0 Å². The fraction of sp³-hybridized carbons (Fsp3) is 0.364. The van der Waals surface area contributed by atoms with E-state index in [9.17, 15) is 0 Å². The van der Waals surface area contributed by atoms with Crippen molar-refractivity contribution in [1.29, 1.82) is 0 Å². The molecule has 0 aliphatic rings. The van der Waals surface area contributed by atoms with Gasteiger partial charge in [-0.05, 0) is 19.1 Å². The van der Waals surface area contributed by atoms with Crippen molar-refractivity contribution in [1.82, 2.24) is 9.55 Å². The summed E-state index contributed by atoms with van der Waals surface area (Å²) in [4.78, 5) is 4.53. The van der Waals surface area contributed by atoms with Gasteiger partial charge in [0.1, 0.15) is 5.82 Å². The van der Waals surface area contributed by atoms with Gasteiger partial charge >= 0.3 is 0 Å². The Kier molecular flexibility index (Phi) is 3.17. The Hall–Kier alpha value is -0.730. The van der Waals surface area contributed by atoms with Crippen molar-refractivity contribution in [3.05, 3.63) is 29.0 Å². The fourth-order valence-electron chi connectivity index (χ4n) is 1.81. The summed E-state index contributed by atoms with van der Waals surface area (Å²) in [7, 11) is 0. The highest BCUT2D eigenvalue weighted by Crippen LogP contribution is 2.24. The first kappa shape index (κ1) is 10.8. The molecule has 0 atom stereocenters. The lowest BCUT2D eigenvalue weighted by Gasteiger charge is -2.04. The lowest BCUT2D eigenvalue weighted by atomic mass is 10.3. The fourth-order valence-corrected chi connectivity index (χ4v) is 2.25. The molecule has 0 radical (unpaired) electrons. The number of halogens is 2. The number of imidazole rings is 1. The average molecular weight is 243 g/mol. The summed E-state index contributed by atoms with van der Waals surface area (Å²) in [5.41, 5.74) is 1.96. The standard InChI is InChI=1S/C11H12Cl2N2/c1-2-15-10(6-7-12)14-9-5-3-4-8(13)11(9)15/h3-5H,2,6-7H2,1H3. The molecule has 0 fully saturated rings. The van der Waals surface area contributed by atoms with Crippen molar-refractivity contribution >= 4 is 34.2 Å². The summed E-state index contributed by atoms with van der Waals surface area (Å²) >= 11 is 11.9. The first-order valence-electron chi connectivity index (χ1n) is 4.97. The molecule has 0 aliphatic heterocycles. The van der Waals surface area contributed by atoms with E-state index in [0.29, 0.717) is 5.88 Å². The number of aromatic nitrogens is 2. The van der Waals surface area contributed by atoms with E-state index in [1.165, 1.54) is 0 Å². The van der Waals surface area contributed by atoms with Crippen LogP contribution in [0.4, 0.5) is 0 Å². The van der Waals surface area contributed by atoms with Gasteiger partial charge in [-0.15, -0.1) is 11.6 Å². The van der Waals surface area contributed by atoms with E-state index < -0.39 is 0 Å². The lowest BCUT2D eigenvalue weighted by molar-refractivity contribution is 0.727. The van der Waals surface area contributed by atoms with Crippen molar-refractivity contribution in [3.8, 4) is 0 Å². The molecule has 0 bridgehead atoms. The van der Waals surface area contributed by atoms with Gasteiger partial charge in [-0.25, -0.2) is 4.98 Å². The number of aryl methyl sites for hydroxylation is 2. The van der Waals surface area contributed by atoms with E-state index in [2.05, 4.69) is 16.5 Å². The van der Waals surface area contributed by atoms with Crippen molar-refractivity contribution in [2.75, 3.05) is 5.88 Å². The molecular formula is C11H12Cl2N2. The molecule has 1 heterocycles. The van der Waals surface area contributed by atoms with Crippen molar-refractivity contribution in [2.24, 2.45) is 0 Å². The third kappa shape index (κ3) is 1.84. The van der Waals surface area contributed by atoms with Crippen LogP contribution in [-0.4, -0.2) is 15.4 Å². The molecule has 0 unspecified atom stereocenters. The van der Waals surface area contributed by atoms with Crippen LogP contribution in [0.15, 0.2) is 18.2 Å². The predicted octanol–water partition coefficient (Wildman–Crippen LogP) is 3.49. The molecule has 0 saturated carbocycles. The molecule has 80 valence electrons. The van der Waals surface area contributed by atoms with Gasteiger partial charge in [-0.2, -0.15) is 0 Å². The summed E-state index contributed by atoms with van der Waals surface area (Å²) in [5.74, 6) is 1.59. The van der Waals surface area contributed by atoms with E-state index in [4.69, 9.17) is 23.2 Å². The van der Waals surface area contributed by atoms with Crippen LogP contribution in [0.5, 0.6) is 0 Å². The van der Waals surface area contributed by atoms with Crippen molar-refractivity contribution in [3.63, 3.8) is 0 Å². The highest BCUT2D eigenvalue weighted by molar-refractivity contribution is 6.35. The van der Waals surface area contributed by atoms with Crippen LogP contribution < -0.4 is 0 Å². The number of rotatable bonds is 3. The Balaban J connectivity index is 2.68. The number of hydrogen-bond donors (Lipinski definition) is 0. The molecule has 2 rings (SSSR count). The molecule has 0 aliphatic carbocycles. The minimum atomic E-state index is 0.584.